The third kappa shape index (κ3) is 3.66. The molecule has 0 aromatic heterocycles. The highest BCUT2D eigenvalue weighted by atomic mass is 32.2. The van der Waals surface area contributed by atoms with E-state index in [0.717, 1.165) is 12.2 Å². The molecule has 1 saturated heterocycles. The van der Waals surface area contributed by atoms with Crippen LogP contribution in [0.15, 0.2) is 24.3 Å². The van der Waals surface area contributed by atoms with Crippen molar-refractivity contribution in [3.63, 3.8) is 0 Å². The molecular weight excluding hydrogens is 276 g/mol. The van der Waals surface area contributed by atoms with Gasteiger partial charge in [0.05, 0.1) is 11.3 Å². The van der Waals surface area contributed by atoms with Crippen molar-refractivity contribution in [2.45, 2.75) is 24.5 Å². The van der Waals surface area contributed by atoms with Gasteiger partial charge in [-0.05, 0) is 37.7 Å². The lowest BCUT2D eigenvalue weighted by Gasteiger charge is -2.23. The Hall–Kier alpha value is -1.69. The number of amides is 2. The van der Waals surface area contributed by atoms with Crippen LogP contribution in [0, 0.1) is 0 Å². The lowest BCUT2D eigenvalue weighted by molar-refractivity contribution is 0.0698. The van der Waals surface area contributed by atoms with Crippen molar-refractivity contribution >= 4 is 29.4 Å². The molecule has 108 valence electrons. The molecule has 0 aliphatic carbocycles. The number of hydrogen-bond acceptors (Lipinski definition) is 3. The molecule has 0 bridgehead atoms. The first kappa shape index (κ1) is 14.7. The molecule has 1 aliphatic heterocycles. The fourth-order valence-electron chi connectivity index (χ4n) is 2.19. The largest absolute Gasteiger partial charge is 0.478 e. The molecule has 2 amide bonds. The minimum atomic E-state index is -1.06. The first-order valence-corrected chi connectivity index (χ1v) is 7.50. The molecule has 0 spiro atoms. The summed E-state index contributed by atoms with van der Waals surface area (Å²) in [6.45, 7) is 2.72. The standard InChI is InChI=1S/C14H18N2O3S/c1-14(7-4-8-20-14)9-15-13(19)16-11-6-3-2-5-10(11)12(17)18/h2-3,5-6H,4,7-9H2,1H3,(H,17,18)(H2,15,16,19). The maximum atomic E-state index is 11.9. The SMILES string of the molecule is CC1(CNC(=O)Nc2ccccc2C(=O)O)CCCS1. The zero-order valence-corrected chi connectivity index (χ0v) is 12.1. The van der Waals surface area contributed by atoms with Gasteiger partial charge in [0.1, 0.15) is 0 Å². The lowest BCUT2D eigenvalue weighted by atomic mass is 10.1. The number of thioether (sulfide) groups is 1. The molecule has 1 aromatic rings. The van der Waals surface area contributed by atoms with Crippen LogP contribution in [0.1, 0.15) is 30.1 Å². The Labute approximate surface area is 122 Å². The predicted molar refractivity (Wildman–Crippen MR) is 80.5 cm³/mol. The second-order valence-electron chi connectivity index (χ2n) is 5.06. The summed E-state index contributed by atoms with van der Waals surface area (Å²) in [5, 5.41) is 14.5. The summed E-state index contributed by atoms with van der Waals surface area (Å²) >= 11 is 1.86. The topological polar surface area (TPSA) is 78.4 Å². The molecular formula is C14H18N2O3S. The van der Waals surface area contributed by atoms with Gasteiger partial charge in [-0.1, -0.05) is 12.1 Å². The van der Waals surface area contributed by atoms with Gasteiger partial charge in [0, 0.05) is 11.3 Å². The van der Waals surface area contributed by atoms with Crippen molar-refractivity contribution in [1.29, 1.82) is 0 Å². The maximum absolute atomic E-state index is 11.9. The molecule has 3 N–H and O–H groups in total. The van der Waals surface area contributed by atoms with Crippen LogP contribution in [0.2, 0.25) is 0 Å². The highest BCUT2D eigenvalue weighted by Crippen LogP contribution is 2.36. The van der Waals surface area contributed by atoms with Gasteiger partial charge in [0.2, 0.25) is 0 Å². The second kappa shape index (κ2) is 6.17. The molecule has 5 nitrogen and oxygen atoms in total. The van der Waals surface area contributed by atoms with E-state index in [4.69, 9.17) is 5.11 Å². The Morgan fingerprint density at radius 1 is 1.40 bits per heavy atom. The number of anilines is 1. The summed E-state index contributed by atoms with van der Waals surface area (Å²) in [5.74, 6) is 0.0703. The van der Waals surface area contributed by atoms with Crippen molar-refractivity contribution in [1.82, 2.24) is 5.32 Å². The molecule has 2 rings (SSSR count). The Balaban J connectivity index is 1.93. The third-order valence-electron chi connectivity index (χ3n) is 3.33. The van der Waals surface area contributed by atoms with Crippen LogP contribution in [-0.2, 0) is 0 Å². The summed E-state index contributed by atoms with van der Waals surface area (Å²) in [6.07, 6.45) is 2.26. The second-order valence-corrected chi connectivity index (χ2v) is 6.74. The first-order chi connectivity index (χ1) is 9.50. The first-order valence-electron chi connectivity index (χ1n) is 6.51. The van der Waals surface area contributed by atoms with E-state index in [1.807, 2.05) is 11.8 Å². The van der Waals surface area contributed by atoms with Gasteiger partial charge in [-0.2, -0.15) is 11.8 Å². The monoisotopic (exact) mass is 294 g/mol. The number of hydrogen-bond donors (Lipinski definition) is 3. The molecule has 1 aromatic carbocycles. The third-order valence-corrected chi connectivity index (χ3v) is 4.87. The number of benzene rings is 1. The summed E-state index contributed by atoms with van der Waals surface area (Å²) < 4.78 is 0.0870. The van der Waals surface area contributed by atoms with Crippen LogP contribution in [-0.4, -0.2) is 34.2 Å². The summed E-state index contributed by atoms with van der Waals surface area (Å²) in [5.41, 5.74) is 0.394. The van der Waals surface area contributed by atoms with Crippen LogP contribution >= 0.6 is 11.8 Å². The minimum Gasteiger partial charge on any atom is -0.478 e. The number of urea groups is 1. The predicted octanol–water partition coefficient (Wildman–Crippen LogP) is 2.79. The number of para-hydroxylation sites is 1. The Morgan fingerprint density at radius 3 is 2.80 bits per heavy atom. The van der Waals surface area contributed by atoms with E-state index in [-0.39, 0.29) is 16.3 Å². The Bertz CT molecular complexity index is 513. The van der Waals surface area contributed by atoms with Gasteiger partial charge in [-0.25, -0.2) is 9.59 Å². The van der Waals surface area contributed by atoms with Crippen molar-refractivity contribution in [3.05, 3.63) is 29.8 Å². The minimum absolute atomic E-state index is 0.0870. The molecule has 1 heterocycles. The van der Waals surface area contributed by atoms with E-state index in [9.17, 15) is 9.59 Å². The van der Waals surface area contributed by atoms with E-state index in [0.29, 0.717) is 12.2 Å². The van der Waals surface area contributed by atoms with Crippen LogP contribution in [0.3, 0.4) is 0 Å². The van der Waals surface area contributed by atoms with E-state index >= 15 is 0 Å². The van der Waals surface area contributed by atoms with Crippen LogP contribution in [0.4, 0.5) is 10.5 Å². The average Bonchev–Trinajstić information content (AvgIpc) is 2.84. The van der Waals surface area contributed by atoms with Crippen LogP contribution in [0.5, 0.6) is 0 Å². The average molecular weight is 294 g/mol. The van der Waals surface area contributed by atoms with Gasteiger partial charge < -0.3 is 15.7 Å². The van der Waals surface area contributed by atoms with Gasteiger partial charge in [-0.3, -0.25) is 0 Å². The smallest absolute Gasteiger partial charge is 0.337 e. The van der Waals surface area contributed by atoms with Crippen LogP contribution in [0.25, 0.3) is 0 Å². The van der Waals surface area contributed by atoms with E-state index in [1.165, 1.54) is 12.5 Å². The molecule has 0 saturated carbocycles. The fourth-order valence-corrected chi connectivity index (χ4v) is 3.43. The molecule has 1 atom stereocenters. The molecule has 1 aliphatic rings. The number of rotatable bonds is 4. The Morgan fingerprint density at radius 2 is 2.15 bits per heavy atom. The summed E-state index contributed by atoms with van der Waals surface area (Å²) in [4.78, 5) is 22.9. The fraction of sp³-hybridized carbons (Fsp3) is 0.429. The summed E-state index contributed by atoms with van der Waals surface area (Å²) in [6, 6.07) is 5.99. The highest BCUT2D eigenvalue weighted by molar-refractivity contribution is 8.00. The normalized spacial score (nSPS) is 21.4. The van der Waals surface area contributed by atoms with Gasteiger partial charge >= 0.3 is 12.0 Å². The van der Waals surface area contributed by atoms with Gasteiger partial charge in [0.15, 0.2) is 0 Å². The Kier molecular flexibility index (Phi) is 4.54. The van der Waals surface area contributed by atoms with Crippen molar-refractivity contribution in [3.8, 4) is 0 Å². The number of carbonyl (C=O) groups excluding carboxylic acids is 1. The number of nitrogens with one attached hydrogen (secondary N) is 2. The lowest BCUT2D eigenvalue weighted by Crippen LogP contribution is -2.39. The highest BCUT2D eigenvalue weighted by Gasteiger charge is 2.29. The van der Waals surface area contributed by atoms with Gasteiger partial charge in [-0.15, -0.1) is 0 Å². The molecule has 1 fully saturated rings. The zero-order valence-electron chi connectivity index (χ0n) is 11.3. The molecule has 1 unspecified atom stereocenters. The quantitative estimate of drug-likeness (QED) is 0.798. The van der Waals surface area contributed by atoms with Crippen molar-refractivity contribution in [2.24, 2.45) is 0 Å². The van der Waals surface area contributed by atoms with Crippen molar-refractivity contribution < 1.29 is 14.7 Å². The van der Waals surface area contributed by atoms with E-state index < -0.39 is 5.97 Å². The van der Waals surface area contributed by atoms with Gasteiger partial charge in [0.25, 0.3) is 0 Å². The molecule has 6 heteroatoms. The van der Waals surface area contributed by atoms with E-state index in [1.54, 1.807) is 18.2 Å². The van der Waals surface area contributed by atoms with Crippen LogP contribution < -0.4 is 10.6 Å². The van der Waals surface area contributed by atoms with E-state index in [2.05, 4.69) is 17.6 Å². The number of carboxylic acid groups (broad SMARTS) is 1. The number of aromatic carboxylic acids is 1. The zero-order chi connectivity index (χ0) is 14.6. The molecule has 20 heavy (non-hydrogen) atoms. The number of carboxylic acids is 1. The maximum Gasteiger partial charge on any atom is 0.337 e. The number of carbonyl (C=O) groups is 2. The summed E-state index contributed by atoms with van der Waals surface area (Å²) in [7, 11) is 0. The molecule has 0 radical (unpaired) electrons. The van der Waals surface area contributed by atoms with Crippen molar-refractivity contribution in [2.75, 3.05) is 17.6 Å².